The Hall–Kier alpha value is -2.33. The third-order valence-corrected chi connectivity index (χ3v) is 3.31. The lowest BCUT2D eigenvalue weighted by Crippen LogP contribution is -2.22. The summed E-state index contributed by atoms with van der Waals surface area (Å²) in [6.45, 7) is 7.82. The van der Waals surface area contributed by atoms with Crippen molar-refractivity contribution in [3.8, 4) is 11.8 Å². The number of carbonyl (C=O) groups excluding carboxylic acids is 1. The lowest BCUT2D eigenvalue weighted by Gasteiger charge is -2.13. The molecule has 0 aliphatic heterocycles. The summed E-state index contributed by atoms with van der Waals surface area (Å²) in [5.41, 5.74) is -0.719. The normalized spacial score (nSPS) is 11.5. The van der Waals surface area contributed by atoms with Crippen molar-refractivity contribution in [3.05, 3.63) is 35.2 Å². The van der Waals surface area contributed by atoms with Gasteiger partial charge in [0.25, 0.3) is 0 Å². The Morgan fingerprint density at radius 2 is 1.96 bits per heavy atom. The van der Waals surface area contributed by atoms with Gasteiger partial charge in [-0.2, -0.15) is 13.2 Å². The van der Waals surface area contributed by atoms with E-state index in [1.807, 2.05) is 18.7 Å². The second-order valence-corrected chi connectivity index (χ2v) is 4.98. The van der Waals surface area contributed by atoms with E-state index in [2.05, 4.69) is 16.8 Å². The Labute approximate surface area is 145 Å². The summed E-state index contributed by atoms with van der Waals surface area (Å²) in [7, 11) is 0. The third kappa shape index (κ3) is 6.98. The minimum Gasteiger partial charge on any atom is -0.463 e. The summed E-state index contributed by atoms with van der Waals surface area (Å²) in [5, 5.41) is 0. The lowest BCUT2D eigenvalue weighted by atomic mass is 10.1. The molecule has 0 aromatic carbocycles. The van der Waals surface area contributed by atoms with Gasteiger partial charge in [0.2, 0.25) is 0 Å². The molecule has 0 saturated carbocycles. The molecule has 1 aromatic rings. The average Bonchev–Trinajstić information content (AvgIpc) is 2.56. The zero-order chi connectivity index (χ0) is 18.9. The van der Waals surface area contributed by atoms with Crippen LogP contribution in [0.1, 0.15) is 37.7 Å². The van der Waals surface area contributed by atoms with E-state index in [9.17, 15) is 18.0 Å². The van der Waals surface area contributed by atoms with Crippen LogP contribution >= 0.6 is 0 Å². The van der Waals surface area contributed by atoms with Crippen molar-refractivity contribution in [2.24, 2.45) is 0 Å². The minimum atomic E-state index is -4.56. The number of hydrogen-bond acceptors (Lipinski definition) is 4. The molecule has 7 heteroatoms. The molecule has 1 aromatic heterocycles. The fourth-order valence-electron chi connectivity index (χ4n) is 1.89. The number of hydrogen-bond donors (Lipinski definition) is 0. The minimum absolute atomic E-state index is 0.0254. The summed E-state index contributed by atoms with van der Waals surface area (Å²) in [6, 6.07) is 2.10. The summed E-state index contributed by atoms with van der Waals surface area (Å²) < 4.78 is 43.3. The van der Waals surface area contributed by atoms with Gasteiger partial charge in [0.1, 0.15) is 11.4 Å². The van der Waals surface area contributed by atoms with Crippen molar-refractivity contribution in [2.75, 3.05) is 26.2 Å². The van der Waals surface area contributed by atoms with Crippen LogP contribution < -0.4 is 0 Å². The molecule has 0 saturated heterocycles. The first-order chi connectivity index (χ1) is 11.8. The molecule has 0 spiro atoms. The standard InChI is InChI=1S/C18H21F3N2O2/c1-4-23(5-2)13-7-8-15-14(10-12-17(24)25-6-3)9-11-16(22-15)18(19,20)21/h9-12H,4-6,13H2,1-3H3/b12-10+. The van der Waals surface area contributed by atoms with Crippen LogP contribution in [0, 0.1) is 11.8 Å². The summed E-state index contributed by atoms with van der Waals surface area (Å²) in [4.78, 5) is 17.0. The molecule has 0 fully saturated rings. The predicted molar refractivity (Wildman–Crippen MR) is 89.6 cm³/mol. The van der Waals surface area contributed by atoms with Gasteiger partial charge in [0, 0.05) is 11.6 Å². The van der Waals surface area contributed by atoms with E-state index in [4.69, 9.17) is 4.74 Å². The van der Waals surface area contributed by atoms with Crippen LogP contribution in [0.5, 0.6) is 0 Å². The monoisotopic (exact) mass is 354 g/mol. The van der Waals surface area contributed by atoms with Gasteiger partial charge in [0.05, 0.1) is 13.2 Å². The largest absolute Gasteiger partial charge is 0.463 e. The highest BCUT2D eigenvalue weighted by atomic mass is 19.4. The predicted octanol–water partition coefficient (Wildman–Crippen LogP) is 3.37. The number of halogens is 3. The Morgan fingerprint density at radius 3 is 2.52 bits per heavy atom. The van der Waals surface area contributed by atoms with E-state index >= 15 is 0 Å². The fraction of sp³-hybridized carbons (Fsp3) is 0.444. The van der Waals surface area contributed by atoms with E-state index < -0.39 is 17.8 Å². The topological polar surface area (TPSA) is 42.4 Å². The Kier molecular flexibility index (Phi) is 8.16. The maximum atomic E-state index is 12.9. The van der Waals surface area contributed by atoms with E-state index in [-0.39, 0.29) is 12.3 Å². The van der Waals surface area contributed by atoms with E-state index in [1.165, 1.54) is 12.1 Å². The highest BCUT2D eigenvalue weighted by molar-refractivity contribution is 5.87. The molecule has 0 amide bonds. The fourth-order valence-corrected chi connectivity index (χ4v) is 1.89. The summed E-state index contributed by atoms with van der Waals surface area (Å²) >= 11 is 0. The van der Waals surface area contributed by atoms with Gasteiger partial charge in [-0.3, -0.25) is 4.90 Å². The molecular formula is C18H21F3N2O2. The molecule has 0 radical (unpaired) electrons. The number of alkyl halides is 3. The number of carbonyl (C=O) groups is 1. The lowest BCUT2D eigenvalue weighted by molar-refractivity contribution is -0.141. The summed E-state index contributed by atoms with van der Waals surface area (Å²) in [5.74, 6) is 4.93. The number of esters is 1. The molecule has 4 nitrogen and oxygen atoms in total. The second-order valence-electron chi connectivity index (χ2n) is 4.98. The number of nitrogens with zero attached hydrogens (tertiary/aromatic N) is 2. The van der Waals surface area contributed by atoms with Gasteiger partial charge < -0.3 is 4.74 Å². The van der Waals surface area contributed by atoms with Gasteiger partial charge in [0.15, 0.2) is 0 Å². The van der Waals surface area contributed by atoms with E-state index in [1.54, 1.807) is 6.92 Å². The zero-order valence-corrected chi connectivity index (χ0v) is 14.5. The second kappa shape index (κ2) is 9.84. The smallest absolute Gasteiger partial charge is 0.433 e. The maximum Gasteiger partial charge on any atom is 0.433 e. The Balaban J connectivity index is 3.15. The van der Waals surface area contributed by atoms with Crippen LogP contribution in [0.4, 0.5) is 13.2 Å². The molecule has 136 valence electrons. The van der Waals surface area contributed by atoms with Crippen molar-refractivity contribution in [1.29, 1.82) is 0 Å². The number of aromatic nitrogens is 1. The molecule has 0 unspecified atom stereocenters. The SMILES string of the molecule is CCOC(=O)/C=C/c1ccc(C(F)(F)F)nc1C#CCN(CC)CC. The van der Waals surface area contributed by atoms with Crippen molar-refractivity contribution in [1.82, 2.24) is 9.88 Å². The quantitative estimate of drug-likeness (QED) is 0.446. The maximum absolute atomic E-state index is 12.9. The van der Waals surface area contributed by atoms with Crippen LogP contribution in [0.25, 0.3) is 6.08 Å². The number of ether oxygens (including phenoxy) is 1. The van der Waals surface area contributed by atoms with Gasteiger partial charge >= 0.3 is 12.1 Å². The highest BCUT2D eigenvalue weighted by Crippen LogP contribution is 2.28. The van der Waals surface area contributed by atoms with Crippen LogP contribution in [-0.2, 0) is 15.7 Å². The third-order valence-electron chi connectivity index (χ3n) is 3.31. The molecular weight excluding hydrogens is 333 g/mol. The molecule has 25 heavy (non-hydrogen) atoms. The van der Waals surface area contributed by atoms with E-state index in [0.717, 1.165) is 25.2 Å². The average molecular weight is 354 g/mol. The van der Waals surface area contributed by atoms with Crippen molar-refractivity contribution in [3.63, 3.8) is 0 Å². The van der Waals surface area contributed by atoms with Crippen LogP contribution in [-0.4, -0.2) is 42.1 Å². The van der Waals surface area contributed by atoms with Gasteiger partial charge in [-0.25, -0.2) is 9.78 Å². The zero-order valence-electron chi connectivity index (χ0n) is 14.5. The Morgan fingerprint density at radius 1 is 1.28 bits per heavy atom. The molecule has 0 N–H and O–H groups in total. The molecule has 0 bridgehead atoms. The van der Waals surface area contributed by atoms with Crippen LogP contribution in [0.2, 0.25) is 0 Å². The van der Waals surface area contributed by atoms with E-state index in [0.29, 0.717) is 12.1 Å². The van der Waals surface area contributed by atoms with Crippen LogP contribution in [0.3, 0.4) is 0 Å². The first-order valence-corrected chi connectivity index (χ1v) is 7.96. The highest BCUT2D eigenvalue weighted by Gasteiger charge is 2.32. The van der Waals surface area contributed by atoms with Gasteiger partial charge in [-0.1, -0.05) is 19.8 Å². The van der Waals surface area contributed by atoms with Gasteiger partial charge in [-0.05, 0) is 44.1 Å². The Bertz CT molecular complexity index is 669. The van der Waals surface area contributed by atoms with Gasteiger partial charge in [-0.15, -0.1) is 0 Å². The number of rotatable bonds is 6. The molecule has 0 aliphatic rings. The number of pyridine rings is 1. The van der Waals surface area contributed by atoms with Crippen molar-refractivity contribution < 1.29 is 22.7 Å². The van der Waals surface area contributed by atoms with Crippen molar-refractivity contribution in [2.45, 2.75) is 26.9 Å². The molecule has 0 atom stereocenters. The first kappa shape index (κ1) is 20.7. The van der Waals surface area contributed by atoms with Crippen molar-refractivity contribution >= 4 is 12.0 Å². The molecule has 1 heterocycles. The molecule has 1 rings (SSSR count). The summed E-state index contributed by atoms with van der Waals surface area (Å²) in [6.07, 6.45) is -2.06. The molecule has 0 aliphatic carbocycles. The van der Waals surface area contributed by atoms with Crippen LogP contribution in [0.15, 0.2) is 18.2 Å². The first-order valence-electron chi connectivity index (χ1n) is 7.96.